The number of benzene rings is 1. The number of allylic oxidation sites excluding steroid dienone is 2. The van der Waals surface area contributed by atoms with E-state index in [1.165, 1.54) is 12.0 Å². The number of halogens is 1. The van der Waals surface area contributed by atoms with Gasteiger partial charge in [0.2, 0.25) is 0 Å². The van der Waals surface area contributed by atoms with E-state index in [1.807, 2.05) is 6.08 Å². The molecule has 0 aromatic heterocycles. The molecule has 1 aromatic rings. The van der Waals surface area contributed by atoms with Crippen molar-refractivity contribution in [2.24, 2.45) is 0 Å². The van der Waals surface area contributed by atoms with Gasteiger partial charge in [0.15, 0.2) is 0 Å². The van der Waals surface area contributed by atoms with Gasteiger partial charge in [-0.1, -0.05) is 40.2 Å². The lowest BCUT2D eigenvalue weighted by Crippen LogP contribution is -1.83. The van der Waals surface area contributed by atoms with E-state index in [0.717, 1.165) is 17.3 Å². The standard InChI is InChI=1S/C12H14Br/c1-2-3-4-5-7-11-8-6-9-12(13)10-11/h2-3,6,8-10H,1,4-5,7H2. The molecular weight excluding hydrogens is 224 g/mol. The van der Waals surface area contributed by atoms with E-state index in [0.29, 0.717) is 0 Å². The molecule has 0 heterocycles. The number of rotatable bonds is 4. The Morgan fingerprint density at radius 1 is 1.38 bits per heavy atom. The quantitative estimate of drug-likeness (QED) is 0.691. The van der Waals surface area contributed by atoms with Crippen molar-refractivity contribution in [3.05, 3.63) is 53.4 Å². The lowest BCUT2D eigenvalue weighted by molar-refractivity contribution is 0.842. The number of unbranched alkanes of at least 4 members (excludes halogenated alkanes) is 1. The van der Waals surface area contributed by atoms with Crippen LogP contribution in [0.25, 0.3) is 0 Å². The predicted octanol–water partition coefficient (Wildman–Crippen LogP) is 4.16. The molecule has 0 aliphatic heterocycles. The highest BCUT2D eigenvalue weighted by Crippen LogP contribution is 2.13. The molecule has 0 bridgehead atoms. The number of aryl methyl sites for hydroxylation is 1. The second-order valence-electron chi connectivity index (χ2n) is 2.99. The Bertz CT molecular complexity index is 276. The molecule has 0 amide bonds. The molecule has 0 aliphatic carbocycles. The van der Waals surface area contributed by atoms with Gasteiger partial charge in [-0.2, -0.15) is 0 Å². The first-order chi connectivity index (χ1) is 6.33. The van der Waals surface area contributed by atoms with Crippen molar-refractivity contribution in [1.29, 1.82) is 0 Å². The average molecular weight is 238 g/mol. The Balaban J connectivity index is 2.36. The minimum Gasteiger partial charge on any atom is -0.0885 e. The van der Waals surface area contributed by atoms with Crippen LogP contribution in [-0.2, 0) is 6.42 Å². The smallest absolute Gasteiger partial charge is 0.0177 e. The molecule has 1 aromatic carbocycles. The van der Waals surface area contributed by atoms with Gasteiger partial charge in [-0.05, 0) is 43.9 Å². The van der Waals surface area contributed by atoms with Gasteiger partial charge in [-0.15, -0.1) is 0 Å². The summed E-state index contributed by atoms with van der Waals surface area (Å²) in [6, 6.07) is 8.47. The van der Waals surface area contributed by atoms with E-state index in [4.69, 9.17) is 0 Å². The molecule has 0 aliphatic rings. The maximum absolute atomic E-state index is 3.66. The minimum absolute atomic E-state index is 1.12. The molecule has 69 valence electrons. The molecule has 0 fully saturated rings. The van der Waals surface area contributed by atoms with Crippen molar-refractivity contribution in [1.82, 2.24) is 0 Å². The van der Waals surface area contributed by atoms with Crippen LogP contribution < -0.4 is 0 Å². The van der Waals surface area contributed by atoms with Gasteiger partial charge in [-0.25, -0.2) is 0 Å². The third-order valence-electron chi connectivity index (χ3n) is 1.89. The summed E-state index contributed by atoms with van der Waals surface area (Å²) < 4.78 is 1.16. The first-order valence-corrected chi connectivity index (χ1v) is 5.31. The summed E-state index contributed by atoms with van der Waals surface area (Å²) in [6.45, 7) is 3.66. The number of hydrogen-bond donors (Lipinski definition) is 0. The van der Waals surface area contributed by atoms with Crippen molar-refractivity contribution < 1.29 is 0 Å². The molecule has 0 saturated heterocycles. The molecule has 0 unspecified atom stereocenters. The van der Waals surface area contributed by atoms with E-state index < -0.39 is 0 Å². The summed E-state index contributed by atoms with van der Waals surface area (Å²) in [4.78, 5) is 0. The fourth-order valence-corrected chi connectivity index (χ4v) is 1.68. The first kappa shape index (κ1) is 10.5. The van der Waals surface area contributed by atoms with Gasteiger partial charge in [0.1, 0.15) is 0 Å². The van der Waals surface area contributed by atoms with Crippen LogP contribution in [0.15, 0.2) is 40.9 Å². The molecule has 1 radical (unpaired) electrons. The number of hydrogen-bond acceptors (Lipinski definition) is 0. The fourth-order valence-electron chi connectivity index (χ4n) is 1.23. The van der Waals surface area contributed by atoms with Gasteiger partial charge in [0.25, 0.3) is 0 Å². The maximum Gasteiger partial charge on any atom is 0.0177 e. The topological polar surface area (TPSA) is 0 Å². The van der Waals surface area contributed by atoms with Crippen LogP contribution in [0.4, 0.5) is 0 Å². The zero-order valence-corrected chi connectivity index (χ0v) is 9.26. The molecule has 0 atom stereocenters. The molecule has 0 nitrogen and oxygen atoms in total. The summed E-state index contributed by atoms with van der Waals surface area (Å²) in [7, 11) is 0. The molecular formula is C12H14Br. The van der Waals surface area contributed by atoms with E-state index >= 15 is 0 Å². The Kier molecular flexibility index (Phi) is 4.84. The zero-order valence-electron chi connectivity index (χ0n) is 7.67. The molecule has 0 N–H and O–H groups in total. The average Bonchev–Trinajstić information content (AvgIpc) is 2.13. The Morgan fingerprint density at radius 2 is 2.23 bits per heavy atom. The fraction of sp³-hybridized carbons (Fsp3) is 0.250. The van der Waals surface area contributed by atoms with Crippen LogP contribution in [-0.4, -0.2) is 0 Å². The van der Waals surface area contributed by atoms with Crippen molar-refractivity contribution in [3.63, 3.8) is 0 Å². The summed E-state index contributed by atoms with van der Waals surface area (Å²) in [5.74, 6) is 0. The van der Waals surface area contributed by atoms with Crippen LogP contribution in [0.5, 0.6) is 0 Å². The normalized spacial score (nSPS) is 10.9. The highest BCUT2D eigenvalue weighted by atomic mass is 79.9. The van der Waals surface area contributed by atoms with Gasteiger partial charge >= 0.3 is 0 Å². The Hall–Kier alpha value is -0.560. The highest BCUT2D eigenvalue weighted by molar-refractivity contribution is 9.10. The van der Waals surface area contributed by atoms with Crippen molar-refractivity contribution >= 4 is 15.9 Å². The van der Waals surface area contributed by atoms with Crippen LogP contribution in [0, 0.1) is 6.92 Å². The molecule has 1 rings (SSSR count). The lowest BCUT2D eigenvalue weighted by atomic mass is 10.1. The molecule has 0 spiro atoms. The Labute approximate surface area is 88.8 Å². The second-order valence-corrected chi connectivity index (χ2v) is 3.91. The van der Waals surface area contributed by atoms with Gasteiger partial charge in [-0.3, -0.25) is 0 Å². The van der Waals surface area contributed by atoms with Crippen LogP contribution >= 0.6 is 15.9 Å². The van der Waals surface area contributed by atoms with E-state index in [2.05, 4.69) is 53.2 Å². The molecule has 0 saturated carbocycles. The monoisotopic (exact) mass is 237 g/mol. The largest absolute Gasteiger partial charge is 0.0885 e. The highest BCUT2D eigenvalue weighted by Gasteiger charge is 1.92. The lowest BCUT2D eigenvalue weighted by Gasteiger charge is -1.99. The zero-order chi connectivity index (χ0) is 9.52. The second kappa shape index (κ2) is 5.98. The van der Waals surface area contributed by atoms with Crippen LogP contribution in [0.1, 0.15) is 18.4 Å². The van der Waals surface area contributed by atoms with E-state index in [-0.39, 0.29) is 0 Å². The minimum atomic E-state index is 1.12. The molecule has 13 heavy (non-hydrogen) atoms. The summed E-state index contributed by atoms with van der Waals surface area (Å²) in [6.07, 6.45) is 7.43. The predicted molar refractivity (Wildman–Crippen MR) is 61.6 cm³/mol. The summed E-state index contributed by atoms with van der Waals surface area (Å²) >= 11 is 3.46. The van der Waals surface area contributed by atoms with Gasteiger partial charge < -0.3 is 0 Å². The Morgan fingerprint density at radius 3 is 2.92 bits per heavy atom. The van der Waals surface area contributed by atoms with Gasteiger partial charge in [0.05, 0.1) is 0 Å². The first-order valence-electron chi connectivity index (χ1n) is 4.51. The van der Waals surface area contributed by atoms with Gasteiger partial charge in [0, 0.05) is 4.47 Å². The third-order valence-corrected chi connectivity index (χ3v) is 2.39. The van der Waals surface area contributed by atoms with Crippen LogP contribution in [0.3, 0.4) is 0 Å². The summed E-state index contributed by atoms with van der Waals surface area (Å²) in [5, 5.41) is 0. The molecule has 1 heteroatoms. The maximum atomic E-state index is 3.66. The SMILES string of the molecule is [CH2]C=CCCCc1cccc(Br)c1. The third kappa shape index (κ3) is 4.28. The summed E-state index contributed by atoms with van der Waals surface area (Å²) in [5.41, 5.74) is 1.40. The van der Waals surface area contributed by atoms with Crippen molar-refractivity contribution in [2.75, 3.05) is 0 Å². The van der Waals surface area contributed by atoms with Crippen molar-refractivity contribution in [3.8, 4) is 0 Å². The van der Waals surface area contributed by atoms with Crippen molar-refractivity contribution in [2.45, 2.75) is 19.3 Å². The van der Waals surface area contributed by atoms with Crippen LogP contribution in [0.2, 0.25) is 0 Å². The van der Waals surface area contributed by atoms with E-state index in [1.54, 1.807) is 0 Å². The van der Waals surface area contributed by atoms with E-state index in [9.17, 15) is 0 Å².